The first kappa shape index (κ1) is 28.8. The molecule has 2 rings (SSSR count). The van der Waals surface area contributed by atoms with Crippen molar-refractivity contribution in [2.45, 2.75) is 60.3 Å². The van der Waals surface area contributed by atoms with Gasteiger partial charge in [0.15, 0.2) is 5.06 Å². The fourth-order valence-corrected chi connectivity index (χ4v) is 8.14. The van der Waals surface area contributed by atoms with Crippen molar-refractivity contribution in [2.24, 2.45) is 0 Å². The van der Waals surface area contributed by atoms with Gasteiger partial charge in [-0.05, 0) is 61.3 Å². The van der Waals surface area contributed by atoms with Gasteiger partial charge in [0.1, 0.15) is 5.75 Å². The summed E-state index contributed by atoms with van der Waals surface area (Å²) in [5.74, 6) is 0.162. The van der Waals surface area contributed by atoms with E-state index in [-0.39, 0.29) is 37.2 Å². The summed E-state index contributed by atoms with van der Waals surface area (Å²) in [5, 5.41) is 11.8. The molecule has 0 amide bonds. The Morgan fingerprint density at radius 1 is 0.794 bits per heavy atom. The molecule has 0 saturated heterocycles. The minimum Gasteiger partial charge on any atom is -0.507 e. The minimum atomic E-state index is -4.05. The lowest BCUT2D eigenvalue weighted by molar-refractivity contribution is 0.199. The van der Waals surface area contributed by atoms with E-state index in [1.807, 2.05) is 45.9 Å². The number of fused-ring (bicyclic) bond motifs is 1. The van der Waals surface area contributed by atoms with Gasteiger partial charge in [-0.25, -0.2) is 0 Å². The van der Waals surface area contributed by atoms with Crippen LogP contribution in [0, 0.1) is 6.92 Å². The summed E-state index contributed by atoms with van der Waals surface area (Å²) in [4.78, 5) is 0. The fourth-order valence-electron chi connectivity index (χ4n) is 3.28. The third kappa shape index (κ3) is 7.04. The van der Waals surface area contributed by atoms with E-state index in [1.54, 1.807) is 25.1 Å². The Morgan fingerprint density at radius 2 is 1.21 bits per heavy atom. The monoisotopic (exact) mass is 512 g/mol. The molecule has 0 spiro atoms. The highest BCUT2D eigenvalue weighted by Gasteiger charge is 2.45. The Labute approximate surface area is 203 Å². The van der Waals surface area contributed by atoms with Crippen LogP contribution < -0.4 is 0 Å². The molecule has 1 N–H and O–H groups in total. The van der Waals surface area contributed by atoms with Crippen molar-refractivity contribution < 1.29 is 32.3 Å². The Kier molecular flexibility index (Phi) is 11.5. The highest BCUT2D eigenvalue weighted by atomic mass is 31.2. The SMILES string of the molecule is CCCOP(=O)(OCCC)C(=Cc1cc(C)c(O)c2ccccc12)P(=O)(OCCC)OCCC. The molecule has 0 radical (unpaired) electrons. The van der Waals surface area contributed by atoms with Crippen LogP contribution in [-0.2, 0) is 27.2 Å². The van der Waals surface area contributed by atoms with Gasteiger partial charge in [0.05, 0.1) is 26.4 Å². The zero-order valence-corrected chi connectivity index (χ0v) is 22.7. The molecule has 0 aliphatic heterocycles. The maximum Gasteiger partial charge on any atom is 0.369 e. The van der Waals surface area contributed by atoms with Crippen molar-refractivity contribution in [1.82, 2.24) is 0 Å². The number of phenols is 1. The molecule has 0 atom stereocenters. The van der Waals surface area contributed by atoms with Gasteiger partial charge in [-0.1, -0.05) is 52.0 Å². The lowest BCUT2D eigenvalue weighted by atomic mass is 10.0. The van der Waals surface area contributed by atoms with Crippen LogP contribution in [-0.4, -0.2) is 31.5 Å². The highest BCUT2D eigenvalue weighted by Crippen LogP contribution is 2.74. The predicted molar refractivity (Wildman–Crippen MR) is 139 cm³/mol. The molecular formula is C25H38O7P2. The number of aromatic hydroxyl groups is 1. The van der Waals surface area contributed by atoms with Gasteiger partial charge in [0.2, 0.25) is 0 Å². The Bertz CT molecular complexity index is 1000. The van der Waals surface area contributed by atoms with Gasteiger partial charge in [0, 0.05) is 5.39 Å². The lowest BCUT2D eigenvalue weighted by Crippen LogP contribution is -2.07. The average molecular weight is 513 g/mol. The number of benzene rings is 2. The molecule has 2 aromatic rings. The summed E-state index contributed by atoms with van der Waals surface area (Å²) in [5.41, 5.74) is 1.24. The summed E-state index contributed by atoms with van der Waals surface area (Å²) in [6.07, 6.45) is 3.95. The molecular weight excluding hydrogens is 474 g/mol. The van der Waals surface area contributed by atoms with Crippen LogP contribution in [0.15, 0.2) is 35.4 Å². The van der Waals surface area contributed by atoms with Gasteiger partial charge in [-0.3, -0.25) is 9.13 Å². The average Bonchev–Trinajstić information content (AvgIpc) is 2.85. The van der Waals surface area contributed by atoms with E-state index in [1.165, 1.54) is 0 Å². The van der Waals surface area contributed by atoms with Gasteiger partial charge in [-0.15, -0.1) is 0 Å². The molecule has 0 aliphatic rings. The smallest absolute Gasteiger partial charge is 0.369 e. The van der Waals surface area contributed by atoms with E-state index in [9.17, 15) is 14.2 Å². The topological polar surface area (TPSA) is 91.3 Å². The molecule has 7 nitrogen and oxygen atoms in total. The molecule has 0 bridgehead atoms. The summed E-state index contributed by atoms with van der Waals surface area (Å²) in [6, 6.07) is 9.07. The fraction of sp³-hybridized carbons (Fsp3) is 0.520. The van der Waals surface area contributed by atoms with Gasteiger partial charge in [0.25, 0.3) is 0 Å². The van der Waals surface area contributed by atoms with Crippen LogP contribution in [0.4, 0.5) is 0 Å². The van der Waals surface area contributed by atoms with Crippen molar-refractivity contribution in [3.63, 3.8) is 0 Å². The number of aryl methyl sites for hydroxylation is 1. The first-order chi connectivity index (χ1) is 16.3. The summed E-state index contributed by atoms with van der Waals surface area (Å²) < 4.78 is 51.5. The van der Waals surface area contributed by atoms with Crippen molar-refractivity contribution in [3.05, 3.63) is 46.5 Å². The van der Waals surface area contributed by atoms with Crippen LogP contribution in [0.2, 0.25) is 0 Å². The number of phenolic OH excluding ortho intramolecular Hbond substituents is 1. The van der Waals surface area contributed by atoms with Crippen molar-refractivity contribution in [1.29, 1.82) is 0 Å². The number of hydrogen-bond acceptors (Lipinski definition) is 7. The zero-order valence-electron chi connectivity index (χ0n) is 20.9. The van der Waals surface area contributed by atoms with Crippen molar-refractivity contribution in [3.8, 4) is 5.75 Å². The van der Waals surface area contributed by atoms with E-state index >= 15 is 0 Å². The molecule has 0 aromatic heterocycles. The molecule has 2 aromatic carbocycles. The first-order valence-electron chi connectivity index (χ1n) is 12.0. The van der Waals surface area contributed by atoms with E-state index in [0.717, 1.165) is 0 Å². The first-order valence-corrected chi connectivity index (χ1v) is 15.1. The van der Waals surface area contributed by atoms with Gasteiger partial charge in [-0.2, -0.15) is 0 Å². The summed E-state index contributed by atoms with van der Waals surface area (Å²) in [7, 11) is -8.10. The van der Waals surface area contributed by atoms with Crippen LogP contribution in [0.5, 0.6) is 5.75 Å². The molecule has 34 heavy (non-hydrogen) atoms. The molecule has 0 saturated carbocycles. The molecule has 9 heteroatoms. The second-order valence-electron chi connectivity index (χ2n) is 8.01. The Morgan fingerprint density at radius 3 is 1.62 bits per heavy atom. The highest BCUT2D eigenvalue weighted by molar-refractivity contribution is 7.79. The maximum absolute atomic E-state index is 14.2. The van der Waals surface area contributed by atoms with Crippen LogP contribution in [0.1, 0.15) is 64.5 Å². The third-order valence-electron chi connectivity index (χ3n) is 4.95. The largest absolute Gasteiger partial charge is 0.507 e. The van der Waals surface area contributed by atoms with Crippen LogP contribution in [0.25, 0.3) is 16.8 Å². The summed E-state index contributed by atoms with van der Waals surface area (Å²) >= 11 is 0. The maximum atomic E-state index is 14.2. The normalized spacial score (nSPS) is 12.3. The Hall–Kier alpha value is -1.46. The van der Waals surface area contributed by atoms with E-state index < -0.39 is 15.2 Å². The Balaban J connectivity index is 2.85. The second-order valence-corrected chi connectivity index (χ2v) is 12.3. The number of hydrogen-bond donors (Lipinski definition) is 1. The lowest BCUT2D eigenvalue weighted by Gasteiger charge is -2.27. The standard InChI is InChI=1S/C25H38O7P2/c1-6-14-29-33(27,30-15-7-2)24(34(28,31-16-8-3)32-17-9-4)19-21-18-20(5)25(26)23-13-11-10-12-22(21)23/h10-13,18-19,26H,6-9,14-17H2,1-5H3. The van der Waals surface area contributed by atoms with Crippen molar-refractivity contribution in [2.75, 3.05) is 26.4 Å². The quantitative estimate of drug-likeness (QED) is 0.240. The number of rotatable bonds is 15. The predicted octanol–water partition coefficient (Wildman–Crippen LogP) is 8.24. The third-order valence-corrected chi connectivity index (χ3v) is 9.89. The van der Waals surface area contributed by atoms with Crippen LogP contribution in [0.3, 0.4) is 0 Å². The summed E-state index contributed by atoms with van der Waals surface area (Å²) in [6.45, 7) is 10.0. The van der Waals surface area contributed by atoms with E-state index in [2.05, 4.69) is 0 Å². The molecule has 0 fully saturated rings. The van der Waals surface area contributed by atoms with E-state index in [4.69, 9.17) is 18.1 Å². The molecule has 0 heterocycles. The minimum absolute atomic E-state index is 0.112. The van der Waals surface area contributed by atoms with Crippen LogP contribution >= 0.6 is 15.2 Å². The molecule has 0 aliphatic carbocycles. The van der Waals surface area contributed by atoms with E-state index in [0.29, 0.717) is 47.6 Å². The second kappa shape index (κ2) is 13.6. The van der Waals surface area contributed by atoms with Crippen molar-refractivity contribution >= 4 is 32.0 Å². The molecule has 190 valence electrons. The molecule has 0 unspecified atom stereocenters. The van der Waals surface area contributed by atoms with Gasteiger partial charge < -0.3 is 23.2 Å². The van der Waals surface area contributed by atoms with Gasteiger partial charge >= 0.3 is 15.2 Å². The zero-order chi connectivity index (χ0) is 25.2.